The molecule has 5 nitrogen and oxygen atoms in total. The number of aliphatic hydroxyl groups is 3. The maximum Gasteiger partial charge on any atom is 0.220 e. The summed E-state index contributed by atoms with van der Waals surface area (Å²) in [6.45, 7) is 4.45. The van der Waals surface area contributed by atoms with E-state index in [4.69, 9.17) is 5.11 Å². The average molecular weight is 418 g/mol. The molecule has 30 heavy (non-hydrogen) atoms. The highest BCUT2D eigenvalue weighted by Crippen LogP contribution is 2.50. The molecule has 4 N–H and O–H groups in total. The highest BCUT2D eigenvalue weighted by molar-refractivity contribution is 5.75. The highest BCUT2D eigenvalue weighted by Gasteiger charge is 2.44. The van der Waals surface area contributed by atoms with Gasteiger partial charge in [-0.25, -0.2) is 0 Å². The van der Waals surface area contributed by atoms with E-state index in [0.29, 0.717) is 37.6 Å². The minimum Gasteiger partial charge on any atom is -0.396 e. The predicted molar refractivity (Wildman–Crippen MR) is 119 cm³/mol. The summed E-state index contributed by atoms with van der Waals surface area (Å²) in [6.07, 6.45) is 11.7. The van der Waals surface area contributed by atoms with Crippen molar-refractivity contribution in [1.29, 1.82) is 0 Å². The summed E-state index contributed by atoms with van der Waals surface area (Å²) in [5.74, 6) is 7.09. The van der Waals surface area contributed by atoms with E-state index >= 15 is 0 Å². The second-order valence-electron chi connectivity index (χ2n) is 8.88. The van der Waals surface area contributed by atoms with Gasteiger partial charge in [-0.05, 0) is 63.2 Å². The fraction of sp³-hybridized carbons (Fsp3) is 0.720. The van der Waals surface area contributed by atoms with Gasteiger partial charge in [-0.1, -0.05) is 30.7 Å². The number of allylic oxidation sites excluding steroid dienone is 2. The second kappa shape index (κ2) is 12.9. The number of unbranched alkanes of at least 4 members (excludes halogenated alkanes) is 1. The Morgan fingerprint density at radius 2 is 2.13 bits per heavy atom. The molecule has 0 aromatic carbocycles. The third-order valence-electron chi connectivity index (χ3n) is 6.52. The number of nitrogens with one attached hydrogen (secondary N) is 1. The summed E-state index contributed by atoms with van der Waals surface area (Å²) >= 11 is 0. The lowest BCUT2D eigenvalue weighted by molar-refractivity contribution is -0.121. The molecule has 6 atom stereocenters. The standard InChI is InChI=1S/C25H39NO4/c1-3-4-8-18(2)23(28)12-11-21-22-16-19(15-20(22)17-24(21)29)9-5-6-10-25(30)26-13-7-14-27/h9,11-12,18,20-24,27-29H,5-8,10,13-17H2,1-2H3,(H,26,30)/b12-11+,19-9+/t18-,20-,21+,22-,23+,24+/m0/s1. The second-order valence-corrected chi connectivity index (χ2v) is 8.88. The zero-order valence-corrected chi connectivity index (χ0v) is 18.5. The predicted octanol–water partition coefficient (Wildman–Crippen LogP) is 2.96. The number of hydrogen-bond acceptors (Lipinski definition) is 4. The van der Waals surface area contributed by atoms with Crippen molar-refractivity contribution in [2.24, 2.45) is 23.7 Å². The molecule has 0 aromatic rings. The van der Waals surface area contributed by atoms with Gasteiger partial charge in [0.05, 0.1) is 12.2 Å². The summed E-state index contributed by atoms with van der Waals surface area (Å²) in [7, 11) is 0. The Hall–Kier alpha value is -1.61. The van der Waals surface area contributed by atoms with Crippen molar-refractivity contribution in [3.63, 3.8) is 0 Å². The smallest absolute Gasteiger partial charge is 0.220 e. The van der Waals surface area contributed by atoms with Crippen LogP contribution < -0.4 is 5.32 Å². The van der Waals surface area contributed by atoms with E-state index in [1.54, 1.807) is 0 Å². The number of carbonyl (C=O) groups is 1. The molecule has 0 radical (unpaired) electrons. The van der Waals surface area contributed by atoms with Crippen LogP contribution in [0.3, 0.4) is 0 Å². The summed E-state index contributed by atoms with van der Waals surface area (Å²) in [5, 5.41) is 32.4. The van der Waals surface area contributed by atoms with Crippen LogP contribution in [0.5, 0.6) is 0 Å². The van der Waals surface area contributed by atoms with Gasteiger partial charge in [0.25, 0.3) is 0 Å². The summed E-state index contributed by atoms with van der Waals surface area (Å²) in [6, 6.07) is 0. The first-order valence-corrected chi connectivity index (χ1v) is 11.5. The molecule has 0 bridgehead atoms. The molecule has 2 saturated carbocycles. The lowest BCUT2D eigenvalue weighted by Crippen LogP contribution is -2.24. The Balaban J connectivity index is 1.79. The summed E-state index contributed by atoms with van der Waals surface area (Å²) < 4.78 is 0. The van der Waals surface area contributed by atoms with Gasteiger partial charge in [0.1, 0.15) is 0 Å². The van der Waals surface area contributed by atoms with Gasteiger partial charge in [0.2, 0.25) is 5.91 Å². The Morgan fingerprint density at radius 3 is 2.87 bits per heavy atom. The van der Waals surface area contributed by atoms with E-state index in [0.717, 1.165) is 32.1 Å². The Labute approximate surface area is 181 Å². The normalized spacial score (nSPS) is 28.9. The molecule has 0 spiro atoms. The molecule has 5 heteroatoms. The molecule has 0 aliphatic heterocycles. The van der Waals surface area contributed by atoms with Crippen molar-refractivity contribution in [3.8, 4) is 11.8 Å². The van der Waals surface area contributed by atoms with Crippen LogP contribution in [0.2, 0.25) is 0 Å². The molecule has 0 aromatic heterocycles. The maximum atomic E-state index is 11.7. The molecular formula is C25H39NO4. The number of rotatable bonds is 11. The lowest BCUT2D eigenvalue weighted by atomic mass is 9.89. The van der Waals surface area contributed by atoms with Crippen LogP contribution in [0.1, 0.15) is 65.2 Å². The molecule has 2 aliphatic carbocycles. The van der Waals surface area contributed by atoms with Crippen molar-refractivity contribution in [2.75, 3.05) is 13.2 Å². The van der Waals surface area contributed by atoms with Gasteiger partial charge in [-0.3, -0.25) is 4.79 Å². The topological polar surface area (TPSA) is 89.8 Å². The van der Waals surface area contributed by atoms with Crippen molar-refractivity contribution < 1.29 is 20.1 Å². The Bertz CT molecular complexity index is 660. The van der Waals surface area contributed by atoms with E-state index in [-0.39, 0.29) is 30.5 Å². The first-order chi connectivity index (χ1) is 14.5. The highest BCUT2D eigenvalue weighted by atomic mass is 16.3. The first kappa shape index (κ1) is 24.7. The molecule has 2 fully saturated rings. The zero-order valence-electron chi connectivity index (χ0n) is 18.5. The molecule has 1 amide bonds. The van der Waals surface area contributed by atoms with Gasteiger partial charge >= 0.3 is 0 Å². The largest absolute Gasteiger partial charge is 0.396 e. The molecule has 168 valence electrons. The van der Waals surface area contributed by atoms with Crippen molar-refractivity contribution in [2.45, 2.75) is 77.4 Å². The Morgan fingerprint density at radius 1 is 1.33 bits per heavy atom. The number of fused-ring (bicyclic) bond motifs is 1. The van der Waals surface area contributed by atoms with Gasteiger partial charge in [0.15, 0.2) is 0 Å². The van der Waals surface area contributed by atoms with E-state index in [9.17, 15) is 15.0 Å². The van der Waals surface area contributed by atoms with Crippen molar-refractivity contribution in [3.05, 3.63) is 23.8 Å². The van der Waals surface area contributed by atoms with Crippen molar-refractivity contribution in [1.82, 2.24) is 5.32 Å². The van der Waals surface area contributed by atoms with Gasteiger partial charge < -0.3 is 20.6 Å². The van der Waals surface area contributed by atoms with E-state index < -0.39 is 6.10 Å². The van der Waals surface area contributed by atoms with Crippen molar-refractivity contribution >= 4 is 5.91 Å². The third kappa shape index (κ3) is 7.58. The molecule has 2 aliphatic rings. The lowest BCUT2D eigenvalue weighted by Gasteiger charge is -2.19. The summed E-state index contributed by atoms with van der Waals surface area (Å²) in [4.78, 5) is 11.7. The first-order valence-electron chi connectivity index (χ1n) is 11.5. The van der Waals surface area contributed by atoms with Gasteiger partial charge in [0, 0.05) is 31.9 Å². The minimum atomic E-state index is -0.531. The fourth-order valence-electron chi connectivity index (χ4n) is 4.72. The van der Waals surface area contributed by atoms with E-state index in [1.165, 1.54) is 5.57 Å². The number of hydrogen-bond donors (Lipinski definition) is 4. The van der Waals surface area contributed by atoms with E-state index in [2.05, 4.69) is 23.2 Å². The van der Waals surface area contributed by atoms with Crippen LogP contribution >= 0.6 is 0 Å². The summed E-state index contributed by atoms with van der Waals surface area (Å²) in [5.41, 5.74) is 1.45. The molecule has 0 heterocycles. The number of aliphatic hydroxyl groups excluding tert-OH is 3. The fourth-order valence-corrected chi connectivity index (χ4v) is 4.72. The van der Waals surface area contributed by atoms with Crippen LogP contribution in [-0.2, 0) is 4.79 Å². The van der Waals surface area contributed by atoms with Crippen LogP contribution in [0.4, 0.5) is 0 Å². The van der Waals surface area contributed by atoms with Crippen LogP contribution in [0.15, 0.2) is 23.8 Å². The SMILES string of the molecule is CC#CC[C@H](C)[C@H](O)/C=C/[C@@H]1[C@H]2C/C(=C/CCCC(=O)NCCCO)C[C@H]2C[C@H]1O. The average Bonchev–Trinajstić information content (AvgIpc) is 3.24. The molecule has 0 saturated heterocycles. The third-order valence-corrected chi connectivity index (χ3v) is 6.52. The van der Waals surface area contributed by atoms with Crippen LogP contribution in [0, 0.1) is 35.5 Å². The van der Waals surface area contributed by atoms with Gasteiger partial charge in [-0.15, -0.1) is 11.8 Å². The number of amides is 1. The van der Waals surface area contributed by atoms with Crippen LogP contribution in [-0.4, -0.2) is 46.6 Å². The molecular weight excluding hydrogens is 378 g/mol. The zero-order chi connectivity index (χ0) is 21.9. The Kier molecular flexibility index (Phi) is 10.6. The van der Waals surface area contributed by atoms with E-state index in [1.807, 2.05) is 26.0 Å². The number of carbonyl (C=O) groups excluding carboxylic acids is 1. The molecule has 0 unspecified atom stereocenters. The van der Waals surface area contributed by atoms with Crippen LogP contribution in [0.25, 0.3) is 0 Å². The maximum absolute atomic E-state index is 11.7. The quantitative estimate of drug-likeness (QED) is 0.236. The van der Waals surface area contributed by atoms with Gasteiger partial charge in [-0.2, -0.15) is 0 Å². The minimum absolute atomic E-state index is 0.0520. The molecule has 2 rings (SSSR count). The monoisotopic (exact) mass is 417 g/mol.